The van der Waals surface area contributed by atoms with Crippen LogP contribution in [0.2, 0.25) is 0 Å². The molecule has 0 aliphatic heterocycles. The molecule has 1 aromatic rings. The molecule has 1 N–H and O–H groups in total. The predicted molar refractivity (Wildman–Crippen MR) is 50.8 cm³/mol. The number of hydrogen-bond donors (Lipinski definition) is 1. The van der Waals surface area contributed by atoms with Crippen molar-refractivity contribution < 1.29 is 4.74 Å². The molecule has 0 atom stereocenters. The highest BCUT2D eigenvalue weighted by Gasteiger charge is 1.97. The Morgan fingerprint density at radius 2 is 2.17 bits per heavy atom. The van der Waals surface area contributed by atoms with Gasteiger partial charge in [-0.05, 0) is 19.1 Å². The van der Waals surface area contributed by atoms with Crippen molar-refractivity contribution in [2.75, 3.05) is 12.5 Å². The largest absolute Gasteiger partial charge is 0.495 e. The summed E-state index contributed by atoms with van der Waals surface area (Å²) >= 11 is 0. The molecule has 0 saturated heterocycles. The Kier molecular flexibility index (Phi) is 3.14. The minimum atomic E-state index is 0.795. The molecule has 1 rings (SSSR count). The molecule has 0 bridgehead atoms. The lowest BCUT2D eigenvalue weighted by atomic mass is 10.3. The summed E-state index contributed by atoms with van der Waals surface area (Å²) < 4.78 is 5.11. The van der Waals surface area contributed by atoms with Crippen molar-refractivity contribution >= 4 is 11.9 Å². The van der Waals surface area contributed by atoms with Gasteiger partial charge in [-0.2, -0.15) is 5.10 Å². The van der Waals surface area contributed by atoms with Gasteiger partial charge in [-0.15, -0.1) is 0 Å². The van der Waals surface area contributed by atoms with Gasteiger partial charge in [0.1, 0.15) is 5.75 Å². The molecule has 0 saturated carbocycles. The van der Waals surface area contributed by atoms with Crippen molar-refractivity contribution in [2.45, 2.75) is 6.92 Å². The summed E-state index contributed by atoms with van der Waals surface area (Å²) in [7, 11) is 1.64. The third kappa shape index (κ3) is 1.99. The van der Waals surface area contributed by atoms with Crippen LogP contribution in [0, 0.1) is 0 Å². The van der Waals surface area contributed by atoms with Gasteiger partial charge in [0.2, 0.25) is 0 Å². The van der Waals surface area contributed by atoms with Gasteiger partial charge in [0.05, 0.1) is 12.8 Å². The number of ether oxygens (including phenoxy) is 1. The maximum Gasteiger partial charge on any atom is 0.143 e. The second-order valence-corrected chi connectivity index (χ2v) is 2.20. The third-order valence-corrected chi connectivity index (χ3v) is 1.42. The summed E-state index contributed by atoms with van der Waals surface area (Å²) in [6, 6.07) is 7.63. The number of para-hydroxylation sites is 2. The molecule has 0 heterocycles. The van der Waals surface area contributed by atoms with E-state index in [0.29, 0.717) is 0 Å². The van der Waals surface area contributed by atoms with Gasteiger partial charge in [-0.1, -0.05) is 12.1 Å². The predicted octanol–water partition coefficient (Wildman–Crippen LogP) is 2.11. The molecule has 0 unspecified atom stereocenters. The van der Waals surface area contributed by atoms with Crippen LogP contribution in [0.5, 0.6) is 5.75 Å². The fraction of sp³-hybridized carbons (Fsp3) is 0.222. The zero-order valence-electron chi connectivity index (χ0n) is 7.24. The summed E-state index contributed by atoms with van der Waals surface area (Å²) in [6.07, 6.45) is 1.69. The Morgan fingerprint density at radius 1 is 1.42 bits per heavy atom. The Hall–Kier alpha value is -1.51. The second kappa shape index (κ2) is 4.38. The fourth-order valence-corrected chi connectivity index (χ4v) is 0.871. The Labute approximate surface area is 72.1 Å². The molecule has 1 aromatic carbocycles. The fourth-order valence-electron chi connectivity index (χ4n) is 0.871. The first-order valence-electron chi connectivity index (χ1n) is 3.75. The molecule has 0 radical (unpaired) electrons. The third-order valence-electron chi connectivity index (χ3n) is 1.42. The van der Waals surface area contributed by atoms with Gasteiger partial charge in [0.15, 0.2) is 0 Å². The lowest BCUT2D eigenvalue weighted by molar-refractivity contribution is 0.416. The summed E-state index contributed by atoms with van der Waals surface area (Å²) in [4.78, 5) is 0. The lowest BCUT2D eigenvalue weighted by Gasteiger charge is -2.05. The highest BCUT2D eigenvalue weighted by Crippen LogP contribution is 2.22. The summed E-state index contributed by atoms with van der Waals surface area (Å²) in [5.74, 6) is 0.795. The topological polar surface area (TPSA) is 33.6 Å². The van der Waals surface area contributed by atoms with Crippen LogP contribution in [0.1, 0.15) is 6.92 Å². The average Bonchev–Trinajstić information content (AvgIpc) is 2.15. The van der Waals surface area contributed by atoms with E-state index in [9.17, 15) is 0 Å². The number of anilines is 1. The molecule has 12 heavy (non-hydrogen) atoms. The van der Waals surface area contributed by atoms with Gasteiger partial charge in [0, 0.05) is 6.21 Å². The molecular weight excluding hydrogens is 152 g/mol. The Bertz CT molecular complexity index is 271. The van der Waals surface area contributed by atoms with Crippen molar-refractivity contribution in [3.8, 4) is 5.75 Å². The average molecular weight is 164 g/mol. The maximum absolute atomic E-state index is 5.11. The van der Waals surface area contributed by atoms with Gasteiger partial charge in [0.25, 0.3) is 0 Å². The first-order chi connectivity index (χ1) is 5.88. The van der Waals surface area contributed by atoms with E-state index in [1.165, 1.54) is 0 Å². The van der Waals surface area contributed by atoms with Crippen molar-refractivity contribution in [1.82, 2.24) is 0 Å². The van der Waals surface area contributed by atoms with E-state index < -0.39 is 0 Å². The zero-order chi connectivity index (χ0) is 8.81. The van der Waals surface area contributed by atoms with Crippen LogP contribution < -0.4 is 10.2 Å². The molecular formula is C9H12N2O. The molecule has 0 spiro atoms. The number of rotatable bonds is 3. The highest BCUT2D eigenvalue weighted by molar-refractivity contribution is 5.60. The minimum Gasteiger partial charge on any atom is -0.495 e. The first kappa shape index (κ1) is 8.59. The molecule has 64 valence electrons. The van der Waals surface area contributed by atoms with Crippen molar-refractivity contribution in [2.24, 2.45) is 5.10 Å². The molecule has 0 aliphatic rings. The number of hydrazone groups is 1. The quantitative estimate of drug-likeness (QED) is 0.548. The van der Waals surface area contributed by atoms with Crippen LogP contribution in [0.4, 0.5) is 5.69 Å². The second-order valence-electron chi connectivity index (χ2n) is 2.20. The van der Waals surface area contributed by atoms with Gasteiger partial charge >= 0.3 is 0 Å². The van der Waals surface area contributed by atoms with E-state index >= 15 is 0 Å². The van der Waals surface area contributed by atoms with Gasteiger partial charge < -0.3 is 4.74 Å². The van der Waals surface area contributed by atoms with Crippen molar-refractivity contribution in [1.29, 1.82) is 0 Å². The van der Waals surface area contributed by atoms with E-state index in [1.54, 1.807) is 13.3 Å². The first-order valence-corrected chi connectivity index (χ1v) is 3.75. The monoisotopic (exact) mass is 164 g/mol. The van der Waals surface area contributed by atoms with Crippen LogP contribution in [0.25, 0.3) is 0 Å². The van der Waals surface area contributed by atoms with Gasteiger partial charge in [-0.3, -0.25) is 5.43 Å². The summed E-state index contributed by atoms with van der Waals surface area (Å²) in [6.45, 7) is 1.85. The zero-order valence-corrected chi connectivity index (χ0v) is 7.24. The molecule has 0 aromatic heterocycles. The molecule has 0 fully saturated rings. The normalized spacial score (nSPS) is 10.2. The molecule has 3 heteroatoms. The number of benzene rings is 1. The Balaban J connectivity index is 2.81. The maximum atomic E-state index is 5.11. The highest BCUT2D eigenvalue weighted by atomic mass is 16.5. The van der Waals surface area contributed by atoms with E-state index in [1.807, 2.05) is 31.2 Å². The van der Waals surface area contributed by atoms with Crippen LogP contribution >= 0.6 is 0 Å². The smallest absolute Gasteiger partial charge is 0.143 e. The summed E-state index contributed by atoms with van der Waals surface area (Å²) in [5, 5.41) is 3.90. The van der Waals surface area contributed by atoms with E-state index in [-0.39, 0.29) is 0 Å². The SMILES string of the molecule is CC=NNc1ccccc1OC. The molecule has 0 aliphatic carbocycles. The van der Waals surface area contributed by atoms with E-state index in [0.717, 1.165) is 11.4 Å². The van der Waals surface area contributed by atoms with Crippen LogP contribution in [-0.2, 0) is 0 Å². The van der Waals surface area contributed by atoms with Crippen LogP contribution in [0.3, 0.4) is 0 Å². The van der Waals surface area contributed by atoms with E-state index in [2.05, 4.69) is 10.5 Å². The standard InChI is InChI=1S/C9H12N2O/c1-3-10-11-8-6-4-5-7-9(8)12-2/h3-7,11H,1-2H3. The van der Waals surface area contributed by atoms with Gasteiger partial charge in [-0.25, -0.2) is 0 Å². The number of nitrogens with one attached hydrogen (secondary N) is 1. The minimum absolute atomic E-state index is 0.795. The summed E-state index contributed by atoms with van der Waals surface area (Å²) in [5.41, 5.74) is 3.73. The van der Waals surface area contributed by atoms with Crippen LogP contribution in [0.15, 0.2) is 29.4 Å². The molecule has 0 amide bonds. The van der Waals surface area contributed by atoms with E-state index in [4.69, 9.17) is 4.74 Å². The lowest BCUT2D eigenvalue weighted by Crippen LogP contribution is -1.92. The Morgan fingerprint density at radius 3 is 2.83 bits per heavy atom. The number of methoxy groups -OCH3 is 1. The number of nitrogens with zero attached hydrogens (tertiary/aromatic N) is 1. The van der Waals surface area contributed by atoms with Crippen molar-refractivity contribution in [3.05, 3.63) is 24.3 Å². The molecule has 3 nitrogen and oxygen atoms in total. The van der Waals surface area contributed by atoms with Crippen molar-refractivity contribution in [3.63, 3.8) is 0 Å². The number of hydrogen-bond acceptors (Lipinski definition) is 3. The van der Waals surface area contributed by atoms with Crippen LogP contribution in [-0.4, -0.2) is 13.3 Å².